The Morgan fingerprint density at radius 2 is 2.00 bits per heavy atom. The molecule has 76 valence electrons. The van der Waals surface area contributed by atoms with Crippen LogP contribution in [0.15, 0.2) is 0 Å². The lowest BCUT2D eigenvalue weighted by Crippen LogP contribution is -2.08. The molecule has 1 unspecified atom stereocenters. The monoisotopic (exact) mass is 206 g/mol. The van der Waals surface area contributed by atoms with Gasteiger partial charge in [0.1, 0.15) is 6.11 Å². The zero-order valence-electron chi connectivity index (χ0n) is 8.11. The number of phosphoric ester groups is 1. The molecule has 0 amide bonds. The van der Waals surface area contributed by atoms with Crippen molar-refractivity contribution in [2.75, 3.05) is 0 Å². The maximum absolute atomic E-state index is 11.1. The van der Waals surface area contributed by atoms with Gasteiger partial charge in [-0.3, -0.25) is 9.42 Å². The van der Waals surface area contributed by atoms with Gasteiger partial charge in [0, 0.05) is 6.92 Å². The molecule has 1 N–H and O–H groups in total. The quantitative estimate of drug-likeness (QED) is 0.553. The van der Waals surface area contributed by atoms with Crippen molar-refractivity contribution in [3.63, 3.8) is 0 Å². The van der Waals surface area contributed by atoms with Crippen LogP contribution in [0.4, 0.5) is 0 Å². The lowest BCUT2D eigenvalue weighted by atomic mass is 10.2. The van der Waals surface area contributed by atoms with Gasteiger partial charge in [-0.25, -0.2) is 4.57 Å². The van der Waals surface area contributed by atoms with Gasteiger partial charge < -0.3 is 4.52 Å². The van der Waals surface area contributed by atoms with Crippen LogP contribution >= 0.6 is 7.82 Å². The summed E-state index contributed by atoms with van der Waals surface area (Å²) in [7, 11) is -3.97. The van der Waals surface area contributed by atoms with Crippen molar-refractivity contribution in [1.82, 2.24) is 0 Å². The lowest BCUT2D eigenvalue weighted by molar-refractivity contribution is 0.126. The van der Waals surface area contributed by atoms with Crippen molar-refractivity contribution in [2.45, 2.75) is 39.7 Å². The summed E-state index contributed by atoms with van der Waals surface area (Å²) in [6.45, 7) is 5.26. The van der Waals surface area contributed by atoms with Crippen LogP contribution in [-0.2, 0) is 13.6 Å². The standard InChI is InChI=1S/C8H15O4P/c1-4-7-11-13(9,10)12-8(5-2)6-3/h8H,5-6H2,1-3H3,(H,9,10). The van der Waals surface area contributed by atoms with Crippen LogP contribution in [0.5, 0.6) is 0 Å². The summed E-state index contributed by atoms with van der Waals surface area (Å²) >= 11 is 0. The molecule has 0 aliphatic carbocycles. The largest absolute Gasteiger partial charge is 0.536 e. The highest BCUT2D eigenvalue weighted by Gasteiger charge is 2.25. The molecule has 0 aromatic heterocycles. The zero-order valence-corrected chi connectivity index (χ0v) is 9.01. The molecule has 5 heteroatoms. The fraction of sp³-hybridized carbons (Fsp3) is 0.750. The minimum absolute atomic E-state index is 0.255. The van der Waals surface area contributed by atoms with Crippen LogP contribution < -0.4 is 0 Å². The summed E-state index contributed by atoms with van der Waals surface area (Å²) in [6, 6.07) is 0. The van der Waals surface area contributed by atoms with E-state index in [4.69, 9.17) is 9.42 Å². The molecule has 0 aliphatic rings. The molecule has 0 fully saturated rings. The fourth-order valence-electron chi connectivity index (χ4n) is 0.751. The molecule has 0 aliphatic heterocycles. The zero-order chi connectivity index (χ0) is 10.3. The number of rotatable bonds is 5. The molecular formula is C8H15O4P. The van der Waals surface area contributed by atoms with Gasteiger partial charge in [-0.15, -0.1) is 0 Å². The second-order valence-corrected chi connectivity index (χ2v) is 3.79. The van der Waals surface area contributed by atoms with Gasteiger partial charge in [0.05, 0.1) is 6.10 Å². The van der Waals surface area contributed by atoms with E-state index in [1.54, 1.807) is 0 Å². The van der Waals surface area contributed by atoms with E-state index in [1.165, 1.54) is 6.92 Å². The van der Waals surface area contributed by atoms with Gasteiger partial charge in [-0.2, -0.15) is 0 Å². The first-order valence-electron chi connectivity index (χ1n) is 4.17. The molecule has 0 bridgehead atoms. The van der Waals surface area contributed by atoms with E-state index in [1.807, 2.05) is 13.8 Å². The van der Waals surface area contributed by atoms with Crippen molar-refractivity contribution in [3.05, 3.63) is 0 Å². The van der Waals surface area contributed by atoms with Crippen molar-refractivity contribution in [1.29, 1.82) is 0 Å². The summed E-state index contributed by atoms with van der Waals surface area (Å²) in [5, 5.41) is 0. The summed E-state index contributed by atoms with van der Waals surface area (Å²) in [6.07, 6.45) is 3.14. The maximum atomic E-state index is 11.1. The highest BCUT2D eigenvalue weighted by Crippen LogP contribution is 2.44. The molecule has 1 atom stereocenters. The molecule has 0 rings (SSSR count). The number of phosphoric acid groups is 1. The average Bonchev–Trinajstić information content (AvgIpc) is 2.11. The molecule has 0 aromatic rings. The molecule has 4 nitrogen and oxygen atoms in total. The summed E-state index contributed by atoms with van der Waals surface area (Å²) in [5.74, 6) is 2.35. The second-order valence-electron chi connectivity index (χ2n) is 2.46. The molecule has 0 heterocycles. The van der Waals surface area contributed by atoms with Crippen LogP contribution in [0.3, 0.4) is 0 Å². The van der Waals surface area contributed by atoms with E-state index in [-0.39, 0.29) is 6.10 Å². The van der Waals surface area contributed by atoms with Gasteiger partial charge in [0.2, 0.25) is 0 Å². The average molecular weight is 206 g/mol. The third-order valence-corrected chi connectivity index (χ3v) is 2.34. The van der Waals surface area contributed by atoms with E-state index < -0.39 is 7.82 Å². The molecule has 0 radical (unpaired) electrons. The summed E-state index contributed by atoms with van der Waals surface area (Å²) in [4.78, 5) is 9.09. The highest BCUT2D eigenvalue weighted by atomic mass is 31.2. The van der Waals surface area contributed by atoms with Crippen LogP contribution in [-0.4, -0.2) is 11.0 Å². The lowest BCUT2D eigenvalue weighted by Gasteiger charge is -2.15. The third kappa shape index (κ3) is 5.70. The Morgan fingerprint density at radius 1 is 1.46 bits per heavy atom. The predicted octanol–water partition coefficient (Wildman–Crippen LogP) is 2.29. The first kappa shape index (κ1) is 12.5. The SMILES string of the molecule is CC#COP(=O)(O)OC(CC)CC. The predicted molar refractivity (Wildman–Crippen MR) is 49.8 cm³/mol. The Morgan fingerprint density at radius 3 is 2.38 bits per heavy atom. The maximum Gasteiger partial charge on any atom is 0.536 e. The van der Waals surface area contributed by atoms with Gasteiger partial charge in [0.25, 0.3) is 0 Å². The van der Waals surface area contributed by atoms with E-state index >= 15 is 0 Å². The van der Waals surface area contributed by atoms with Crippen molar-refractivity contribution in [3.8, 4) is 12.0 Å². The second kappa shape index (κ2) is 6.04. The van der Waals surface area contributed by atoms with Crippen molar-refractivity contribution >= 4 is 7.82 Å². The molecule has 13 heavy (non-hydrogen) atoms. The van der Waals surface area contributed by atoms with E-state index in [2.05, 4.69) is 16.6 Å². The van der Waals surface area contributed by atoms with Gasteiger partial charge in [0.15, 0.2) is 0 Å². The van der Waals surface area contributed by atoms with E-state index in [0.717, 1.165) is 0 Å². The number of hydrogen-bond acceptors (Lipinski definition) is 3. The normalized spacial score (nSPS) is 14.5. The van der Waals surface area contributed by atoms with Crippen molar-refractivity contribution < 1.29 is 18.5 Å². The minimum Gasteiger partial charge on any atom is -0.350 e. The molecular weight excluding hydrogens is 191 g/mol. The minimum atomic E-state index is -3.97. The van der Waals surface area contributed by atoms with Crippen LogP contribution in [0, 0.1) is 12.0 Å². The Bertz CT molecular complexity index is 236. The topological polar surface area (TPSA) is 55.8 Å². The first-order valence-corrected chi connectivity index (χ1v) is 5.66. The van der Waals surface area contributed by atoms with E-state index in [9.17, 15) is 4.57 Å². The van der Waals surface area contributed by atoms with E-state index in [0.29, 0.717) is 12.8 Å². The smallest absolute Gasteiger partial charge is 0.350 e. The Balaban J connectivity index is 4.11. The molecule has 0 aromatic carbocycles. The summed E-state index contributed by atoms with van der Waals surface area (Å²) in [5.41, 5.74) is 0. The molecule has 0 saturated carbocycles. The van der Waals surface area contributed by atoms with Gasteiger partial charge in [-0.1, -0.05) is 19.8 Å². The Labute approximate surface area is 78.9 Å². The van der Waals surface area contributed by atoms with Crippen LogP contribution in [0.1, 0.15) is 33.6 Å². The first-order chi connectivity index (χ1) is 6.05. The Hall–Kier alpha value is -0.490. The molecule has 0 spiro atoms. The number of hydrogen-bond donors (Lipinski definition) is 1. The van der Waals surface area contributed by atoms with Crippen LogP contribution in [0.2, 0.25) is 0 Å². The Kier molecular flexibility index (Phi) is 5.81. The fourth-order valence-corrected chi connectivity index (χ4v) is 1.68. The van der Waals surface area contributed by atoms with Crippen LogP contribution in [0.25, 0.3) is 0 Å². The highest BCUT2D eigenvalue weighted by molar-refractivity contribution is 7.47. The van der Waals surface area contributed by atoms with Crippen molar-refractivity contribution in [2.24, 2.45) is 0 Å². The summed E-state index contributed by atoms with van der Waals surface area (Å²) < 4.78 is 20.3. The third-order valence-electron chi connectivity index (χ3n) is 1.46. The molecule has 0 saturated heterocycles. The van der Waals surface area contributed by atoms with Gasteiger partial charge >= 0.3 is 7.82 Å². The van der Waals surface area contributed by atoms with Gasteiger partial charge in [-0.05, 0) is 12.8 Å².